The second kappa shape index (κ2) is 3.37. The number of aromatic nitrogens is 2. The Balaban J connectivity index is 2.10. The van der Waals surface area contributed by atoms with Gasteiger partial charge in [0.1, 0.15) is 0 Å². The smallest absolute Gasteiger partial charge is 0.278 e. The van der Waals surface area contributed by atoms with Crippen molar-refractivity contribution in [1.82, 2.24) is 9.78 Å². The van der Waals surface area contributed by atoms with E-state index in [1.54, 1.807) is 36.1 Å². The molecule has 0 saturated carbocycles. The van der Waals surface area contributed by atoms with Crippen LogP contribution in [-0.2, 0) is 7.05 Å². The molecule has 5 nitrogen and oxygen atoms in total. The number of rotatable bonds is 2. The molecule has 2 aromatic rings. The molecule has 0 bridgehead atoms. The normalized spacial score (nSPS) is 10.1. The molecule has 2 rings (SSSR count). The maximum atomic E-state index is 11.5. The van der Waals surface area contributed by atoms with Crippen molar-refractivity contribution in [2.24, 2.45) is 7.05 Å². The summed E-state index contributed by atoms with van der Waals surface area (Å²) >= 11 is 0. The molecule has 0 aromatic carbocycles. The summed E-state index contributed by atoms with van der Waals surface area (Å²) in [6, 6.07) is 5.01. The van der Waals surface area contributed by atoms with Crippen molar-refractivity contribution in [1.29, 1.82) is 0 Å². The maximum absolute atomic E-state index is 11.5. The van der Waals surface area contributed by atoms with Crippen LogP contribution in [0.4, 0.5) is 5.88 Å². The SMILES string of the molecule is Cn1ccc(C(=O)Nc2ccco2)n1. The number of furan rings is 1. The zero-order valence-electron chi connectivity index (χ0n) is 7.60. The van der Waals surface area contributed by atoms with Gasteiger partial charge in [-0.2, -0.15) is 5.10 Å². The second-order valence-electron chi connectivity index (χ2n) is 2.81. The van der Waals surface area contributed by atoms with Gasteiger partial charge >= 0.3 is 0 Å². The molecule has 2 aromatic heterocycles. The Labute approximate surface area is 80.3 Å². The number of amides is 1. The molecule has 14 heavy (non-hydrogen) atoms. The number of nitrogens with one attached hydrogen (secondary N) is 1. The van der Waals surface area contributed by atoms with Crippen molar-refractivity contribution >= 4 is 11.8 Å². The van der Waals surface area contributed by atoms with Crippen LogP contribution in [-0.4, -0.2) is 15.7 Å². The van der Waals surface area contributed by atoms with Gasteiger partial charge in [0.05, 0.1) is 6.26 Å². The zero-order chi connectivity index (χ0) is 9.97. The lowest BCUT2D eigenvalue weighted by Crippen LogP contribution is -2.12. The summed E-state index contributed by atoms with van der Waals surface area (Å²) in [5.74, 6) is 0.140. The van der Waals surface area contributed by atoms with Crippen LogP contribution in [0, 0.1) is 0 Å². The number of aryl methyl sites for hydroxylation is 1. The Kier molecular flexibility index (Phi) is 2.06. The number of hydrogen-bond donors (Lipinski definition) is 1. The van der Waals surface area contributed by atoms with Crippen molar-refractivity contribution in [3.05, 3.63) is 36.4 Å². The Hall–Kier alpha value is -2.04. The quantitative estimate of drug-likeness (QED) is 0.777. The average molecular weight is 191 g/mol. The van der Waals surface area contributed by atoms with Crippen LogP contribution >= 0.6 is 0 Å². The fraction of sp³-hybridized carbons (Fsp3) is 0.111. The highest BCUT2D eigenvalue weighted by molar-refractivity contribution is 6.01. The maximum Gasteiger partial charge on any atom is 0.278 e. The Bertz CT molecular complexity index is 431. The lowest BCUT2D eigenvalue weighted by Gasteiger charge is -1.96. The summed E-state index contributed by atoms with van der Waals surface area (Å²) in [4.78, 5) is 11.5. The van der Waals surface area contributed by atoms with E-state index in [1.807, 2.05) is 0 Å². The van der Waals surface area contributed by atoms with Gasteiger partial charge in [-0.15, -0.1) is 0 Å². The molecule has 0 aliphatic carbocycles. The first-order valence-corrected chi connectivity index (χ1v) is 4.10. The van der Waals surface area contributed by atoms with E-state index in [-0.39, 0.29) is 5.91 Å². The summed E-state index contributed by atoms with van der Waals surface area (Å²) in [6.07, 6.45) is 3.20. The van der Waals surface area contributed by atoms with Crippen LogP contribution in [0.25, 0.3) is 0 Å². The van der Waals surface area contributed by atoms with Crippen molar-refractivity contribution in [3.8, 4) is 0 Å². The highest BCUT2D eigenvalue weighted by atomic mass is 16.3. The number of carbonyl (C=O) groups excluding carboxylic acids is 1. The van der Waals surface area contributed by atoms with Gasteiger partial charge in [0, 0.05) is 19.3 Å². The van der Waals surface area contributed by atoms with Crippen molar-refractivity contribution < 1.29 is 9.21 Å². The lowest BCUT2D eigenvalue weighted by molar-refractivity contribution is 0.101. The van der Waals surface area contributed by atoms with E-state index >= 15 is 0 Å². The predicted octanol–water partition coefficient (Wildman–Crippen LogP) is 1.27. The van der Waals surface area contributed by atoms with E-state index in [2.05, 4.69) is 10.4 Å². The molecule has 0 fully saturated rings. The third-order valence-corrected chi connectivity index (χ3v) is 1.70. The zero-order valence-corrected chi connectivity index (χ0v) is 7.60. The monoisotopic (exact) mass is 191 g/mol. The van der Waals surface area contributed by atoms with Crippen LogP contribution in [0.1, 0.15) is 10.5 Å². The number of hydrogen-bond acceptors (Lipinski definition) is 3. The molecule has 5 heteroatoms. The molecule has 1 N–H and O–H groups in total. The molecule has 0 radical (unpaired) electrons. The molecule has 0 aliphatic heterocycles. The molecule has 0 aliphatic rings. The van der Waals surface area contributed by atoms with Gasteiger partial charge in [-0.1, -0.05) is 0 Å². The van der Waals surface area contributed by atoms with E-state index in [0.717, 1.165) is 0 Å². The van der Waals surface area contributed by atoms with Gasteiger partial charge in [0.25, 0.3) is 5.91 Å². The van der Waals surface area contributed by atoms with E-state index in [4.69, 9.17) is 4.42 Å². The molecular formula is C9H9N3O2. The second-order valence-corrected chi connectivity index (χ2v) is 2.81. The average Bonchev–Trinajstić information content (AvgIpc) is 2.75. The number of carbonyl (C=O) groups is 1. The minimum Gasteiger partial charge on any atom is -0.449 e. The largest absolute Gasteiger partial charge is 0.449 e. The van der Waals surface area contributed by atoms with E-state index < -0.39 is 0 Å². The van der Waals surface area contributed by atoms with Crippen LogP contribution in [0.2, 0.25) is 0 Å². The van der Waals surface area contributed by atoms with Crippen molar-refractivity contribution in [2.45, 2.75) is 0 Å². The molecule has 0 saturated heterocycles. The van der Waals surface area contributed by atoms with Crippen molar-refractivity contribution in [2.75, 3.05) is 5.32 Å². The van der Waals surface area contributed by atoms with Crippen LogP contribution < -0.4 is 5.32 Å². The standard InChI is InChI=1S/C9H9N3O2/c1-12-5-4-7(11-12)9(13)10-8-3-2-6-14-8/h2-6H,1H3,(H,10,13). The summed E-state index contributed by atoms with van der Waals surface area (Å²) in [5.41, 5.74) is 0.365. The molecule has 0 spiro atoms. The minimum absolute atomic E-state index is 0.277. The summed E-state index contributed by atoms with van der Waals surface area (Å²) < 4.78 is 6.53. The molecule has 72 valence electrons. The van der Waals surface area contributed by atoms with Crippen LogP contribution in [0.3, 0.4) is 0 Å². The van der Waals surface area contributed by atoms with Crippen LogP contribution in [0.15, 0.2) is 35.1 Å². The molecule has 2 heterocycles. The number of nitrogens with zero attached hydrogens (tertiary/aromatic N) is 2. The lowest BCUT2D eigenvalue weighted by atomic mass is 10.4. The first-order valence-electron chi connectivity index (χ1n) is 4.10. The fourth-order valence-corrected chi connectivity index (χ4v) is 1.06. The molecule has 0 unspecified atom stereocenters. The first-order chi connectivity index (χ1) is 6.75. The van der Waals surface area contributed by atoms with Crippen molar-refractivity contribution in [3.63, 3.8) is 0 Å². The topological polar surface area (TPSA) is 60.1 Å². The van der Waals surface area contributed by atoms with Gasteiger partial charge in [0.2, 0.25) is 0 Å². The van der Waals surface area contributed by atoms with Gasteiger partial charge in [0.15, 0.2) is 11.6 Å². The highest BCUT2D eigenvalue weighted by Crippen LogP contribution is 2.08. The van der Waals surface area contributed by atoms with Crippen LogP contribution in [0.5, 0.6) is 0 Å². The highest BCUT2D eigenvalue weighted by Gasteiger charge is 2.09. The first kappa shape index (κ1) is 8.55. The third-order valence-electron chi connectivity index (χ3n) is 1.70. The molecule has 0 atom stereocenters. The summed E-state index contributed by atoms with van der Waals surface area (Å²) in [6.45, 7) is 0. The summed E-state index contributed by atoms with van der Waals surface area (Å²) in [7, 11) is 1.75. The van der Waals surface area contributed by atoms with E-state index in [1.165, 1.54) is 6.26 Å². The van der Waals surface area contributed by atoms with Gasteiger partial charge in [-0.25, -0.2) is 0 Å². The fourth-order valence-electron chi connectivity index (χ4n) is 1.06. The van der Waals surface area contributed by atoms with Gasteiger partial charge in [-0.3, -0.25) is 14.8 Å². The summed E-state index contributed by atoms with van der Waals surface area (Å²) in [5, 5.41) is 6.52. The van der Waals surface area contributed by atoms with E-state index in [9.17, 15) is 4.79 Å². The Morgan fingerprint density at radius 2 is 2.43 bits per heavy atom. The molecular weight excluding hydrogens is 182 g/mol. The Morgan fingerprint density at radius 1 is 1.57 bits per heavy atom. The minimum atomic E-state index is -0.277. The van der Waals surface area contributed by atoms with Gasteiger partial charge < -0.3 is 4.42 Å². The third kappa shape index (κ3) is 1.66. The Morgan fingerprint density at radius 3 is 3.00 bits per heavy atom. The molecule has 1 amide bonds. The number of anilines is 1. The predicted molar refractivity (Wildman–Crippen MR) is 49.9 cm³/mol. The van der Waals surface area contributed by atoms with Gasteiger partial charge in [-0.05, 0) is 12.1 Å². The van der Waals surface area contributed by atoms with E-state index in [0.29, 0.717) is 11.6 Å².